The summed E-state index contributed by atoms with van der Waals surface area (Å²) < 4.78 is 0. The van der Waals surface area contributed by atoms with Crippen molar-refractivity contribution in [1.29, 1.82) is 0 Å². The Kier molecular flexibility index (Phi) is 4.10. The highest BCUT2D eigenvalue weighted by molar-refractivity contribution is 6.03. The van der Waals surface area contributed by atoms with Crippen LogP contribution in [0, 0.1) is 0 Å². The molecule has 21 heavy (non-hydrogen) atoms. The number of hydrogen-bond acceptors (Lipinski definition) is 1. The minimum atomic E-state index is 1.12. The topological polar surface area (TPSA) is 3.24 Å². The molecule has 0 saturated carbocycles. The lowest BCUT2D eigenvalue weighted by atomic mass is 10.0. The molecule has 3 aromatic carbocycles. The maximum atomic E-state index is 2.52. The molecule has 0 radical (unpaired) electrons. The van der Waals surface area contributed by atoms with E-state index < -0.39 is 0 Å². The van der Waals surface area contributed by atoms with Gasteiger partial charge in [0.05, 0.1) is 0 Å². The third-order valence-electron chi connectivity index (χ3n) is 4.05. The maximum absolute atomic E-state index is 2.52. The lowest BCUT2D eigenvalue weighted by Gasteiger charge is -2.25. The van der Waals surface area contributed by atoms with Gasteiger partial charge >= 0.3 is 0 Å². The molecule has 3 aromatic rings. The molecule has 0 aromatic heterocycles. The standard InChI is InChI=1S/C20H23N/c1-3-12-21(13-4-2)20-11-7-10-18-14-16-8-5-6-9-17(16)15-19(18)20/h5-11,14-15H,3-4,12-13H2,1-2H3. The largest absolute Gasteiger partial charge is 0.371 e. The van der Waals surface area contributed by atoms with Gasteiger partial charge < -0.3 is 4.90 Å². The van der Waals surface area contributed by atoms with E-state index in [0.717, 1.165) is 13.1 Å². The molecular formula is C20H23N. The Morgan fingerprint density at radius 1 is 0.714 bits per heavy atom. The molecular weight excluding hydrogens is 254 g/mol. The molecule has 0 spiro atoms. The van der Waals surface area contributed by atoms with E-state index in [-0.39, 0.29) is 0 Å². The van der Waals surface area contributed by atoms with Crippen molar-refractivity contribution in [1.82, 2.24) is 0 Å². The highest BCUT2D eigenvalue weighted by Gasteiger charge is 2.09. The van der Waals surface area contributed by atoms with Gasteiger partial charge in [-0.15, -0.1) is 0 Å². The molecule has 3 rings (SSSR count). The second-order valence-corrected chi connectivity index (χ2v) is 5.68. The van der Waals surface area contributed by atoms with E-state index in [1.807, 2.05) is 0 Å². The van der Waals surface area contributed by atoms with Gasteiger partial charge in [-0.05, 0) is 47.2 Å². The van der Waals surface area contributed by atoms with Crippen LogP contribution >= 0.6 is 0 Å². The number of fused-ring (bicyclic) bond motifs is 2. The van der Waals surface area contributed by atoms with Crippen LogP contribution in [0.4, 0.5) is 5.69 Å². The van der Waals surface area contributed by atoms with E-state index in [1.165, 1.54) is 40.1 Å². The summed E-state index contributed by atoms with van der Waals surface area (Å²) in [7, 11) is 0. The Bertz CT molecular complexity index is 739. The van der Waals surface area contributed by atoms with Crippen LogP contribution in [0.25, 0.3) is 21.5 Å². The van der Waals surface area contributed by atoms with Crippen molar-refractivity contribution in [2.24, 2.45) is 0 Å². The molecule has 0 amide bonds. The molecule has 0 heterocycles. The van der Waals surface area contributed by atoms with E-state index in [9.17, 15) is 0 Å². The highest BCUT2D eigenvalue weighted by atomic mass is 15.1. The van der Waals surface area contributed by atoms with Crippen LogP contribution in [0.5, 0.6) is 0 Å². The predicted octanol–water partition coefficient (Wildman–Crippen LogP) is 5.62. The number of rotatable bonds is 5. The zero-order chi connectivity index (χ0) is 14.7. The molecule has 1 nitrogen and oxygen atoms in total. The fraction of sp³-hybridized carbons (Fsp3) is 0.300. The first-order valence-electron chi connectivity index (χ1n) is 8.00. The van der Waals surface area contributed by atoms with Gasteiger partial charge in [-0.1, -0.05) is 50.2 Å². The maximum Gasteiger partial charge on any atom is 0.0446 e. The third-order valence-corrected chi connectivity index (χ3v) is 4.05. The number of anilines is 1. The molecule has 0 bridgehead atoms. The van der Waals surface area contributed by atoms with Crippen molar-refractivity contribution in [2.45, 2.75) is 26.7 Å². The van der Waals surface area contributed by atoms with Gasteiger partial charge in [-0.3, -0.25) is 0 Å². The molecule has 0 aliphatic heterocycles. The average Bonchev–Trinajstić information content (AvgIpc) is 2.52. The average molecular weight is 277 g/mol. The lowest BCUT2D eigenvalue weighted by Crippen LogP contribution is -2.24. The van der Waals surface area contributed by atoms with Crippen LogP contribution in [-0.2, 0) is 0 Å². The molecule has 0 N–H and O–H groups in total. The van der Waals surface area contributed by atoms with E-state index in [1.54, 1.807) is 0 Å². The van der Waals surface area contributed by atoms with Gasteiger partial charge in [0.1, 0.15) is 0 Å². The van der Waals surface area contributed by atoms with Crippen LogP contribution in [0.15, 0.2) is 54.6 Å². The van der Waals surface area contributed by atoms with E-state index in [2.05, 4.69) is 73.3 Å². The summed E-state index contributed by atoms with van der Waals surface area (Å²) in [4.78, 5) is 2.52. The summed E-state index contributed by atoms with van der Waals surface area (Å²) in [6, 6.07) is 20.0. The minimum Gasteiger partial charge on any atom is -0.371 e. The summed E-state index contributed by atoms with van der Waals surface area (Å²) in [5.74, 6) is 0. The quantitative estimate of drug-likeness (QED) is 0.547. The van der Waals surface area contributed by atoms with E-state index in [0.29, 0.717) is 0 Å². The summed E-state index contributed by atoms with van der Waals surface area (Å²) in [6.07, 6.45) is 2.37. The molecule has 108 valence electrons. The number of nitrogens with zero attached hydrogens (tertiary/aromatic N) is 1. The Balaban J connectivity index is 2.19. The zero-order valence-electron chi connectivity index (χ0n) is 13.0. The van der Waals surface area contributed by atoms with Gasteiger partial charge in [0, 0.05) is 24.2 Å². The molecule has 0 saturated heterocycles. The summed E-state index contributed by atoms with van der Waals surface area (Å²) in [5.41, 5.74) is 1.38. The van der Waals surface area contributed by atoms with Gasteiger partial charge in [-0.25, -0.2) is 0 Å². The number of hydrogen-bond donors (Lipinski definition) is 0. The van der Waals surface area contributed by atoms with Crippen molar-refractivity contribution in [3.05, 3.63) is 54.6 Å². The first-order chi connectivity index (χ1) is 10.3. The fourth-order valence-corrected chi connectivity index (χ4v) is 3.12. The Hall–Kier alpha value is -2.02. The van der Waals surface area contributed by atoms with Crippen LogP contribution in [0.3, 0.4) is 0 Å². The molecule has 0 atom stereocenters. The fourth-order valence-electron chi connectivity index (χ4n) is 3.12. The van der Waals surface area contributed by atoms with Crippen molar-refractivity contribution in [3.63, 3.8) is 0 Å². The SMILES string of the molecule is CCCN(CCC)c1cccc2cc3ccccc3cc12. The van der Waals surface area contributed by atoms with Crippen LogP contribution in [0.1, 0.15) is 26.7 Å². The van der Waals surface area contributed by atoms with Crippen LogP contribution in [-0.4, -0.2) is 13.1 Å². The first kappa shape index (κ1) is 13.9. The Morgan fingerprint density at radius 2 is 1.33 bits per heavy atom. The Labute approximate surface area is 127 Å². The monoisotopic (exact) mass is 277 g/mol. The summed E-state index contributed by atoms with van der Waals surface area (Å²) >= 11 is 0. The van der Waals surface area contributed by atoms with E-state index >= 15 is 0 Å². The summed E-state index contributed by atoms with van der Waals surface area (Å²) in [5, 5.41) is 5.35. The van der Waals surface area contributed by atoms with Crippen molar-refractivity contribution >= 4 is 27.2 Å². The second kappa shape index (κ2) is 6.17. The molecule has 1 heteroatoms. The third kappa shape index (κ3) is 2.73. The van der Waals surface area contributed by atoms with Crippen LogP contribution < -0.4 is 4.90 Å². The predicted molar refractivity (Wildman–Crippen MR) is 94.2 cm³/mol. The normalized spacial score (nSPS) is 11.1. The smallest absolute Gasteiger partial charge is 0.0446 e. The van der Waals surface area contributed by atoms with Crippen molar-refractivity contribution < 1.29 is 0 Å². The molecule has 0 unspecified atom stereocenters. The van der Waals surface area contributed by atoms with E-state index in [4.69, 9.17) is 0 Å². The van der Waals surface area contributed by atoms with Gasteiger partial charge in [0.2, 0.25) is 0 Å². The number of benzene rings is 3. The van der Waals surface area contributed by atoms with Crippen LogP contribution in [0.2, 0.25) is 0 Å². The van der Waals surface area contributed by atoms with Gasteiger partial charge in [0.25, 0.3) is 0 Å². The lowest BCUT2D eigenvalue weighted by molar-refractivity contribution is 0.747. The molecule has 0 fully saturated rings. The highest BCUT2D eigenvalue weighted by Crippen LogP contribution is 2.31. The minimum absolute atomic E-state index is 1.12. The molecule has 0 aliphatic carbocycles. The van der Waals surface area contributed by atoms with Gasteiger partial charge in [-0.2, -0.15) is 0 Å². The second-order valence-electron chi connectivity index (χ2n) is 5.68. The summed E-state index contributed by atoms with van der Waals surface area (Å²) in [6.45, 7) is 6.76. The van der Waals surface area contributed by atoms with Crippen molar-refractivity contribution in [3.8, 4) is 0 Å². The first-order valence-corrected chi connectivity index (χ1v) is 8.00. The van der Waals surface area contributed by atoms with Crippen molar-refractivity contribution in [2.75, 3.05) is 18.0 Å². The molecule has 0 aliphatic rings. The Morgan fingerprint density at radius 3 is 2.00 bits per heavy atom. The van der Waals surface area contributed by atoms with Gasteiger partial charge in [0.15, 0.2) is 0 Å². The zero-order valence-corrected chi connectivity index (χ0v) is 13.0.